The van der Waals surface area contributed by atoms with Gasteiger partial charge in [-0.1, -0.05) is 37.1 Å². The number of H-pyrrole nitrogens is 1. The van der Waals surface area contributed by atoms with Gasteiger partial charge in [-0.3, -0.25) is 14.6 Å². The Balaban J connectivity index is 1.54. The highest BCUT2D eigenvalue weighted by molar-refractivity contribution is 7.11. The van der Waals surface area contributed by atoms with E-state index >= 15 is 0 Å². The molecule has 0 aliphatic carbocycles. The molecule has 182 valence electrons. The molecule has 0 fully saturated rings. The minimum absolute atomic E-state index is 0.0417. The number of methoxy groups -OCH3 is 1. The largest absolute Gasteiger partial charge is 0.496 e. The summed E-state index contributed by atoms with van der Waals surface area (Å²) < 4.78 is 5.66. The van der Waals surface area contributed by atoms with Crippen molar-refractivity contribution >= 4 is 33.9 Å². The van der Waals surface area contributed by atoms with Crippen LogP contribution in [0.4, 0.5) is 0 Å². The van der Waals surface area contributed by atoms with Crippen molar-refractivity contribution < 1.29 is 14.3 Å². The fourth-order valence-corrected chi connectivity index (χ4v) is 4.54. The summed E-state index contributed by atoms with van der Waals surface area (Å²) in [7, 11) is 3.30. The molecule has 2 amide bonds. The van der Waals surface area contributed by atoms with Gasteiger partial charge in [0.2, 0.25) is 5.91 Å². The Morgan fingerprint density at radius 1 is 1.11 bits per heavy atom. The van der Waals surface area contributed by atoms with Gasteiger partial charge in [-0.2, -0.15) is 0 Å². The number of fused-ring (bicyclic) bond motifs is 1. The van der Waals surface area contributed by atoms with Gasteiger partial charge in [0.05, 0.1) is 36.7 Å². The summed E-state index contributed by atoms with van der Waals surface area (Å²) in [6.45, 7) is 0. The van der Waals surface area contributed by atoms with Crippen molar-refractivity contribution in [3.63, 3.8) is 0 Å². The highest BCUT2D eigenvalue weighted by Crippen LogP contribution is 2.34. The summed E-state index contributed by atoms with van der Waals surface area (Å²) in [5, 5.41) is 7.94. The van der Waals surface area contributed by atoms with Crippen LogP contribution in [0.15, 0.2) is 54.3 Å². The van der Waals surface area contributed by atoms with Crippen molar-refractivity contribution in [1.82, 2.24) is 25.6 Å². The summed E-state index contributed by atoms with van der Waals surface area (Å²) in [4.78, 5) is 36.8. The second kappa shape index (κ2) is 11.6. The number of carbonyl (C=O) groups is 2. The van der Waals surface area contributed by atoms with E-state index in [4.69, 9.17) is 4.74 Å². The van der Waals surface area contributed by atoms with Crippen LogP contribution in [0.2, 0.25) is 0 Å². The van der Waals surface area contributed by atoms with E-state index in [2.05, 4.69) is 43.8 Å². The van der Waals surface area contributed by atoms with Crippen LogP contribution in [0, 0.1) is 0 Å². The number of ether oxygens (including phenoxy) is 1. The number of imidazole rings is 1. The normalized spacial score (nSPS) is 11.8. The second-order valence-electron chi connectivity index (χ2n) is 8.25. The number of amides is 2. The number of aromatic nitrogens is 3. The molecule has 0 aliphatic rings. The van der Waals surface area contributed by atoms with Crippen molar-refractivity contribution in [2.75, 3.05) is 14.2 Å². The predicted octanol–water partition coefficient (Wildman–Crippen LogP) is 4.86. The highest BCUT2D eigenvalue weighted by atomic mass is 32.1. The van der Waals surface area contributed by atoms with Gasteiger partial charge in [0, 0.05) is 19.0 Å². The third kappa shape index (κ3) is 6.05. The van der Waals surface area contributed by atoms with E-state index in [-0.39, 0.29) is 17.9 Å². The summed E-state index contributed by atoms with van der Waals surface area (Å²) in [6.07, 6.45) is 7.06. The molecule has 2 heterocycles. The topological polar surface area (TPSA) is 109 Å². The molecule has 4 rings (SSSR count). The first-order valence-electron chi connectivity index (χ1n) is 11.6. The number of rotatable bonds is 11. The van der Waals surface area contributed by atoms with Gasteiger partial charge in [-0.05, 0) is 35.7 Å². The molecule has 35 heavy (non-hydrogen) atoms. The minimum atomic E-state index is -0.301. The third-order valence-corrected chi connectivity index (χ3v) is 6.69. The molecule has 0 radical (unpaired) electrons. The lowest BCUT2D eigenvalue weighted by Gasteiger charge is -2.16. The quantitative estimate of drug-likeness (QED) is 0.260. The summed E-state index contributed by atoms with van der Waals surface area (Å²) in [5.41, 5.74) is 3.36. The van der Waals surface area contributed by atoms with Crippen LogP contribution in [0.25, 0.3) is 22.0 Å². The molecule has 0 saturated carbocycles. The minimum Gasteiger partial charge on any atom is -0.496 e. The predicted molar refractivity (Wildman–Crippen MR) is 138 cm³/mol. The molecule has 2 aromatic carbocycles. The number of hydrogen-bond donors (Lipinski definition) is 3. The first kappa shape index (κ1) is 24.4. The van der Waals surface area contributed by atoms with Crippen LogP contribution < -0.4 is 15.4 Å². The monoisotopic (exact) mass is 491 g/mol. The van der Waals surface area contributed by atoms with E-state index in [0.717, 1.165) is 47.0 Å². The molecule has 1 atom stereocenters. The Morgan fingerprint density at radius 2 is 1.91 bits per heavy atom. The van der Waals surface area contributed by atoms with Gasteiger partial charge in [0.15, 0.2) is 0 Å². The van der Waals surface area contributed by atoms with Gasteiger partial charge in [-0.15, -0.1) is 11.3 Å². The number of aromatic amines is 1. The van der Waals surface area contributed by atoms with Crippen LogP contribution in [0.5, 0.6) is 5.75 Å². The van der Waals surface area contributed by atoms with Crippen molar-refractivity contribution in [2.45, 2.75) is 38.1 Å². The summed E-state index contributed by atoms with van der Waals surface area (Å²) >= 11 is 1.30. The summed E-state index contributed by atoms with van der Waals surface area (Å²) in [5.74, 6) is 1.29. The van der Waals surface area contributed by atoms with Gasteiger partial charge in [-0.25, -0.2) is 4.98 Å². The Hall–Kier alpha value is -3.72. The fourth-order valence-electron chi connectivity index (χ4n) is 4.02. The molecular weight excluding hydrogens is 462 g/mol. The van der Waals surface area contributed by atoms with Crippen LogP contribution >= 0.6 is 11.3 Å². The average Bonchev–Trinajstić information content (AvgIpc) is 3.59. The van der Waals surface area contributed by atoms with E-state index < -0.39 is 0 Å². The maximum atomic E-state index is 12.8. The van der Waals surface area contributed by atoms with Crippen molar-refractivity contribution in [2.24, 2.45) is 0 Å². The third-order valence-electron chi connectivity index (χ3n) is 5.92. The zero-order chi connectivity index (χ0) is 24.6. The number of hydrogen-bond acceptors (Lipinski definition) is 6. The lowest BCUT2D eigenvalue weighted by molar-refractivity contribution is -0.120. The van der Waals surface area contributed by atoms with E-state index in [1.807, 2.05) is 18.2 Å². The molecular formula is C26H29N5O3S. The van der Waals surface area contributed by atoms with Gasteiger partial charge in [0.1, 0.15) is 16.5 Å². The number of nitrogens with zero attached hydrogens (tertiary/aromatic N) is 2. The molecule has 9 heteroatoms. The first-order chi connectivity index (χ1) is 17.1. The molecule has 0 saturated heterocycles. The number of unbranched alkanes of at least 4 members (excludes halogenated alkanes) is 2. The van der Waals surface area contributed by atoms with E-state index in [9.17, 15) is 9.59 Å². The maximum absolute atomic E-state index is 12.8. The molecule has 3 N–H and O–H groups in total. The Bertz CT molecular complexity index is 1290. The first-order valence-corrected chi connectivity index (χ1v) is 12.5. The molecule has 0 bridgehead atoms. The molecule has 4 aromatic rings. The molecule has 1 unspecified atom stereocenters. The van der Waals surface area contributed by atoms with Gasteiger partial charge >= 0.3 is 0 Å². The van der Waals surface area contributed by atoms with Crippen molar-refractivity contribution in [3.05, 3.63) is 65.0 Å². The van der Waals surface area contributed by atoms with Crippen molar-refractivity contribution in [3.8, 4) is 17.0 Å². The van der Waals surface area contributed by atoms with E-state index in [1.165, 1.54) is 11.3 Å². The second-order valence-corrected chi connectivity index (χ2v) is 9.13. The number of benzene rings is 2. The lowest BCUT2D eigenvalue weighted by Crippen LogP contribution is -2.28. The SMILES string of the molecule is CNC(=O)CCCCCC(NC(=O)c1cncs1)c1ncc(-c2cc3ccccc3cc2OC)[nH]1. The highest BCUT2D eigenvalue weighted by Gasteiger charge is 2.21. The van der Waals surface area contributed by atoms with E-state index in [1.54, 1.807) is 32.1 Å². The number of nitrogens with one attached hydrogen (secondary N) is 3. The Kier molecular flexibility index (Phi) is 8.10. The molecule has 0 spiro atoms. The molecule has 2 aromatic heterocycles. The van der Waals surface area contributed by atoms with Crippen LogP contribution in [0.1, 0.15) is 53.6 Å². The molecule has 0 aliphatic heterocycles. The maximum Gasteiger partial charge on any atom is 0.263 e. The zero-order valence-corrected chi connectivity index (χ0v) is 20.7. The lowest BCUT2D eigenvalue weighted by atomic mass is 10.0. The van der Waals surface area contributed by atoms with Gasteiger partial charge < -0.3 is 20.4 Å². The van der Waals surface area contributed by atoms with E-state index in [0.29, 0.717) is 23.5 Å². The smallest absolute Gasteiger partial charge is 0.263 e. The number of thiazole rings is 1. The van der Waals surface area contributed by atoms with Crippen LogP contribution in [0.3, 0.4) is 0 Å². The summed E-state index contributed by atoms with van der Waals surface area (Å²) in [6, 6.07) is 11.9. The molecule has 8 nitrogen and oxygen atoms in total. The fraction of sp³-hybridized carbons (Fsp3) is 0.308. The number of carbonyl (C=O) groups excluding carboxylic acids is 2. The van der Waals surface area contributed by atoms with Crippen LogP contribution in [-0.2, 0) is 4.79 Å². The van der Waals surface area contributed by atoms with Crippen LogP contribution in [-0.4, -0.2) is 40.9 Å². The van der Waals surface area contributed by atoms with Gasteiger partial charge in [0.25, 0.3) is 5.91 Å². The van der Waals surface area contributed by atoms with Crippen molar-refractivity contribution in [1.29, 1.82) is 0 Å². The Labute approximate surface area is 208 Å². The Morgan fingerprint density at radius 3 is 2.63 bits per heavy atom. The zero-order valence-electron chi connectivity index (χ0n) is 19.8. The average molecular weight is 492 g/mol. The standard InChI is InChI=1S/C26H29N5O3S/c1-27-24(32)11-5-3-4-10-20(31-26(33)23-15-28-16-35-23)25-29-14-21(30-25)19-12-17-8-6-7-9-18(17)13-22(19)34-2/h6-9,12-16,20H,3-5,10-11H2,1-2H3,(H,27,32)(H,29,30)(H,31,33).